The maximum atomic E-state index is 13.1. The van der Waals surface area contributed by atoms with Crippen molar-refractivity contribution in [2.45, 2.75) is 39.2 Å². The molecular weight excluding hydrogens is 292 g/mol. The van der Waals surface area contributed by atoms with Crippen molar-refractivity contribution in [3.8, 4) is 11.5 Å². The largest absolute Gasteiger partial charge is 0.586 e. The van der Waals surface area contributed by atoms with Gasteiger partial charge in [-0.05, 0) is 11.5 Å². The molecule has 0 unspecified atom stereocenters. The highest BCUT2D eigenvalue weighted by molar-refractivity contribution is 5.85. The number of para-hydroxylation sites is 1. The van der Waals surface area contributed by atoms with Crippen molar-refractivity contribution in [1.82, 2.24) is 0 Å². The number of halogens is 3. The van der Waals surface area contributed by atoms with E-state index in [0.29, 0.717) is 5.56 Å². The molecule has 1 aromatic rings. The van der Waals surface area contributed by atoms with Crippen molar-refractivity contribution in [1.29, 1.82) is 0 Å². The lowest BCUT2D eigenvalue weighted by Crippen LogP contribution is -2.37. The minimum absolute atomic E-state index is 0. The molecule has 0 saturated carbocycles. The molecule has 0 bridgehead atoms. The fraction of sp³-hybridized carbons (Fsp3) is 0.538. The van der Waals surface area contributed by atoms with Gasteiger partial charge in [0.2, 0.25) is 0 Å². The van der Waals surface area contributed by atoms with Crippen LogP contribution in [-0.4, -0.2) is 17.5 Å². The van der Waals surface area contributed by atoms with Gasteiger partial charge in [-0.3, -0.25) is 0 Å². The second kappa shape index (κ2) is 5.35. The Bertz CT molecular complexity index is 491. The summed E-state index contributed by atoms with van der Waals surface area (Å²) in [5.41, 5.74) is 5.78. The summed E-state index contributed by atoms with van der Waals surface area (Å²) in [5, 5.41) is 10.2. The smallest absolute Gasteiger partial charge is 0.395 e. The van der Waals surface area contributed by atoms with Gasteiger partial charge in [-0.25, -0.2) is 0 Å². The second-order valence-corrected chi connectivity index (χ2v) is 5.68. The molecule has 0 fully saturated rings. The van der Waals surface area contributed by atoms with E-state index in [9.17, 15) is 13.9 Å². The van der Waals surface area contributed by atoms with Crippen LogP contribution in [0.2, 0.25) is 0 Å². The molecule has 20 heavy (non-hydrogen) atoms. The lowest BCUT2D eigenvalue weighted by atomic mass is 9.82. The summed E-state index contributed by atoms with van der Waals surface area (Å²) in [7, 11) is 0. The van der Waals surface area contributed by atoms with E-state index in [1.807, 2.05) is 20.8 Å². The van der Waals surface area contributed by atoms with Crippen LogP contribution in [0.15, 0.2) is 18.2 Å². The summed E-state index contributed by atoms with van der Waals surface area (Å²) in [4.78, 5) is 0. The third kappa shape index (κ3) is 3.13. The van der Waals surface area contributed by atoms with Gasteiger partial charge >= 0.3 is 6.29 Å². The molecule has 4 nitrogen and oxygen atoms in total. The number of fused-ring (bicyclic) bond motifs is 1. The first kappa shape index (κ1) is 16.9. The zero-order valence-electron chi connectivity index (χ0n) is 11.4. The van der Waals surface area contributed by atoms with E-state index in [4.69, 9.17) is 5.73 Å². The number of benzene rings is 1. The van der Waals surface area contributed by atoms with Crippen LogP contribution in [0.5, 0.6) is 11.5 Å². The minimum Gasteiger partial charge on any atom is -0.395 e. The molecule has 0 amide bonds. The van der Waals surface area contributed by atoms with E-state index >= 15 is 0 Å². The first-order chi connectivity index (χ1) is 8.62. The first-order valence-corrected chi connectivity index (χ1v) is 5.94. The van der Waals surface area contributed by atoms with Gasteiger partial charge in [0.15, 0.2) is 11.5 Å². The first-order valence-electron chi connectivity index (χ1n) is 5.94. The van der Waals surface area contributed by atoms with Crippen LogP contribution in [-0.2, 0) is 0 Å². The topological polar surface area (TPSA) is 64.7 Å². The Hall–Kier alpha value is -1.11. The average Bonchev–Trinajstić information content (AvgIpc) is 2.59. The second-order valence-electron chi connectivity index (χ2n) is 5.68. The quantitative estimate of drug-likeness (QED) is 0.881. The maximum Gasteiger partial charge on any atom is 0.586 e. The molecule has 0 aromatic heterocycles. The van der Waals surface area contributed by atoms with E-state index in [1.165, 1.54) is 12.1 Å². The summed E-state index contributed by atoms with van der Waals surface area (Å²) in [6.07, 6.45) is -4.60. The summed E-state index contributed by atoms with van der Waals surface area (Å²) in [5.74, 6) is -0.178. The zero-order valence-corrected chi connectivity index (χ0v) is 12.2. The molecule has 2 atom stereocenters. The summed E-state index contributed by atoms with van der Waals surface area (Å²) < 4.78 is 35.0. The Morgan fingerprint density at radius 1 is 1.25 bits per heavy atom. The number of ether oxygens (including phenoxy) is 2. The standard InChI is InChI=1S/C13H17F2NO3.ClH/c1-12(2,3)11(17)9(16)7-5-4-6-8-10(7)19-13(14,15)18-8;/h4-6,9,11,17H,16H2,1-3H3;1H/t9-,11-;/m0./s1. The molecule has 0 radical (unpaired) electrons. The fourth-order valence-electron chi connectivity index (χ4n) is 1.96. The van der Waals surface area contributed by atoms with Crippen LogP contribution in [0.3, 0.4) is 0 Å². The number of hydrogen-bond donors (Lipinski definition) is 2. The van der Waals surface area contributed by atoms with E-state index in [-0.39, 0.29) is 23.9 Å². The zero-order chi connectivity index (χ0) is 14.4. The van der Waals surface area contributed by atoms with Crippen molar-refractivity contribution in [2.24, 2.45) is 11.1 Å². The number of aliphatic hydroxyl groups excluding tert-OH is 1. The summed E-state index contributed by atoms with van der Waals surface area (Å²) in [6.45, 7) is 5.44. The van der Waals surface area contributed by atoms with Crippen molar-refractivity contribution in [3.63, 3.8) is 0 Å². The van der Waals surface area contributed by atoms with Crippen molar-refractivity contribution >= 4 is 12.4 Å². The van der Waals surface area contributed by atoms with Crippen LogP contribution >= 0.6 is 12.4 Å². The Morgan fingerprint density at radius 2 is 1.85 bits per heavy atom. The number of rotatable bonds is 2. The predicted octanol–water partition coefficient (Wildman–Crippen LogP) is 2.84. The molecular formula is C13H18ClF2NO3. The summed E-state index contributed by atoms with van der Waals surface area (Å²) >= 11 is 0. The molecule has 7 heteroatoms. The van der Waals surface area contributed by atoms with E-state index in [2.05, 4.69) is 9.47 Å². The molecule has 0 spiro atoms. The molecule has 3 N–H and O–H groups in total. The lowest BCUT2D eigenvalue weighted by Gasteiger charge is -2.31. The van der Waals surface area contributed by atoms with Gasteiger partial charge in [0, 0.05) is 5.56 Å². The van der Waals surface area contributed by atoms with E-state index < -0.39 is 23.9 Å². The van der Waals surface area contributed by atoms with Gasteiger partial charge < -0.3 is 20.3 Å². The fourth-order valence-corrected chi connectivity index (χ4v) is 1.96. The average molecular weight is 310 g/mol. The lowest BCUT2D eigenvalue weighted by molar-refractivity contribution is -0.287. The Morgan fingerprint density at radius 3 is 2.40 bits per heavy atom. The van der Waals surface area contributed by atoms with Gasteiger partial charge in [-0.2, -0.15) is 0 Å². The van der Waals surface area contributed by atoms with Crippen LogP contribution in [0.1, 0.15) is 32.4 Å². The highest BCUT2D eigenvalue weighted by atomic mass is 35.5. The Balaban J connectivity index is 0.00000200. The van der Waals surface area contributed by atoms with Crippen LogP contribution in [0.25, 0.3) is 0 Å². The van der Waals surface area contributed by atoms with Crippen LogP contribution in [0.4, 0.5) is 8.78 Å². The molecule has 1 aromatic carbocycles. The van der Waals surface area contributed by atoms with E-state index in [0.717, 1.165) is 0 Å². The van der Waals surface area contributed by atoms with Gasteiger partial charge in [0.05, 0.1) is 12.1 Å². The normalized spacial score (nSPS) is 19.1. The predicted molar refractivity (Wildman–Crippen MR) is 72.3 cm³/mol. The van der Waals surface area contributed by atoms with Gasteiger partial charge in [0.25, 0.3) is 0 Å². The monoisotopic (exact) mass is 309 g/mol. The van der Waals surface area contributed by atoms with Crippen molar-refractivity contribution in [2.75, 3.05) is 0 Å². The van der Waals surface area contributed by atoms with E-state index in [1.54, 1.807) is 6.07 Å². The number of alkyl halides is 2. The van der Waals surface area contributed by atoms with Crippen LogP contribution in [0, 0.1) is 5.41 Å². The Kier molecular flexibility index (Phi) is 4.53. The highest BCUT2D eigenvalue weighted by Crippen LogP contribution is 2.46. The summed E-state index contributed by atoms with van der Waals surface area (Å²) in [6, 6.07) is 3.61. The number of hydrogen-bond acceptors (Lipinski definition) is 4. The maximum absolute atomic E-state index is 13.1. The molecule has 1 aliphatic heterocycles. The van der Waals surface area contributed by atoms with Gasteiger partial charge in [0.1, 0.15) is 0 Å². The highest BCUT2D eigenvalue weighted by Gasteiger charge is 2.45. The minimum atomic E-state index is -3.69. The third-order valence-corrected chi connectivity index (χ3v) is 3.05. The molecule has 1 heterocycles. The van der Waals surface area contributed by atoms with Gasteiger partial charge in [-0.15, -0.1) is 21.2 Å². The third-order valence-electron chi connectivity index (χ3n) is 3.05. The SMILES string of the molecule is CC(C)(C)[C@@H](O)[C@@H](N)c1cccc2c1OC(F)(F)O2.Cl. The Labute approximate surface area is 122 Å². The molecule has 114 valence electrons. The number of aliphatic hydroxyl groups is 1. The molecule has 0 saturated heterocycles. The molecule has 0 aliphatic carbocycles. The van der Waals surface area contributed by atoms with Crippen molar-refractivity contribution < 1.29 is 23.4 Å². The number of nitrogens with two attached hydrogens (primary N) is 1. The van der Waals surface area contributed by atoms with Crippen LogP contribution < -0.4 is 15.2 Å². The van der Waals surface area contributed by atoms with Crippen molar-refractivity contribution in [3.05, 3.63) is 23.8 Å². The van der Waals surface area contributed by atoms with Gasteiger partial charge in [-0.1, -0.05) is 32.9 Å². The molecule has 2 rings (SSSR count). The molecule has 1 aliphatic rings.